The molecule has 1 amide bonds. The van der Waals surface area contributed by atoms with Crippen LogP contribution in [0.1, 0.15) is 6.42 Å². The summed E-state index contributed by atoms with van der Waals surface area (Å²) >= 11 is 0. The number of hydrogen-bond donors (Lipinski definition) is 3. The fourth-order valence-corrected chi connectivity index (χ4v) is 3.07. The first-order valence-corrected chi connectivity index (χ1v) is 8.97. The molecule has 1 aromatic carbocycles. The van der Waals surface area contributed by atoms with E-state index in [1.807, 2.05) is 0 Å². The molecule has 1 heterocycles. The third kappa shape index (κ3) is 7.36. The number of sulfonamides is 1. The third-order valence-corrected chi connectivity index (χ3v) is 4.94. The van der Waals surface area contributed by atoms with Crippen LogP contribution in [-0.2, 0) is 14.8 Å². The van der Waals surface area contributed by atoms with Gasteiger partial charge in [-0.05, 0) is 24.3 Å². The Balaban J connectivity index is 0.00000338. The summed E-state index contributed by atoms with van der Waals surface area (Å²) in [4.78, 5) is 11.4. The van der Waals surface area contributed by atoms with Crippen molar-refractivity contribution in [1.29, 1.82) is 0 Å². The lowest BCUT2D eigenvalue weighted by Crippen LogP contribution is -2.48. The molecule has 0 bridgehead atoms. The largest absolute Gasteiger partial charge is 0.573 e. The Bertz CT molecular complexity index is 694. The van der Waals surface area contributed by atoms with Gasteiger partial charge in [-0.15, -0.1) is 25.6 Å². The number of amides is 1. The highest BCUT2D eigenvalue weighted by atomic mass is 35.5. The van der Waals surface area contributed by atoms with Crippen molar-refractivity contribution in [2.75, 3.05) is 26.2 Å². The summed E-state index contributed by atoms with van der Waals surface area (Å²) in [5, 5.41) is 5.77. The SMILES string of the molecule is Cl.O=C(CCNS(=O)(=O)c1ccc(OC(F)(F)F)cc1)NCC1CNC1. The number of ether oxygens (including phenoxy) is 1. The van der Waals surface area contributed by atoms with Gasteiger partial charge in [0.2, 0.25) is 15.9 Å². The van der Waals surface area contributed by atoms with E-state index < -0.39 is 22.1 Å². The normalized spacial score (nSPS) is 14.9. The molecule has 2 rings (SSSR count). The summed E-state index contributed by atoms with van der Waals surface area (Å²) in [6, 6.07) is 3.79. The molecule has 1 fully saturated rings. The molecule has 1 aromatic rings. The predicted octanol–water partition coefficient (Wildman–Crippen LogP) is 1.01. The topological polar surface area (TPSA) is 96.5 Å². The van der Waals surface area contributed by atoms with Crippen LogP contribution in [0.25, 0.3) is 0 Å². The summed E-state index contributed by atoms with van der Waals surface area (Å²) in [6.07, 6.45) is -4.88. The van der Waals surface area contributed by atoms with Gasteiger partial charge in [-0.1, -0.05) is 0 Å². The fraction of sp³-hybridized carbons (Fsp3) is 0.500. The van der Waals surface area contributed by atoms with Gasteiger partial charge in [0.05, 0.1) is 4.90 Å². The van der Waals surface area contributed by atoms with Crippen LogP contribution in [-0.4, -0.2) is 46.9 Å². The van der Waals surface area contributed by atoms with Crippen LogP contribution in [0.4, 0.5) is 13.2 Å². The summed E-state index contributed by atoms with van der Waals surface area (Å²) in [5.41, 5.74) is 0. The Hall–Kier alpha value is -1.56. The number of alkyl halides is 3. The number of halogens is 4. The van der Waals surface area contributed by atoms with E-state index in [0.29, 0.717) is 12.5 Å². The lowest BCUT2D eigenvalue weighted by Gasteiger charge is -2.27. The van der Waals surface area contributed by atoms with Gasteiger partial charge in [-0.2, -0.15) is 0 Å². The van der Waals surface area contributed by atoms with Crippen LogP contribution in [0.15, 0.2) is 29.2 Å². The molecule has 1 aliphatic rings. The van der Waals surface area contributed by atoms with E-state index in [-0.39, 0.29) is 36.2 Å². The van der Waals surface area contributed by atoms with Gasteiger partial charge in [0.1, 0.15) is 5.75 Å². The van der Waals surface area contributed by atoms with Crippen molar-refractivity contribution in [3.8, 4) is 5.75 Å². The number of nitrogens with one attached hydrogen (secondary N) is 3. The minimum Gasteiger partial charge on any atom is -0.406 e. The van der Waals surface area contributed by atoms with Crippen LogP contribution in [0.3, 0.4) is 0 Å². The van der Waals surface area contributed by atoms with E-state index in [2.05, 4.69) is 20.1 Å². The quantitative estimate of drug-likeness (QED) is 0.586. The van der Waals surface area contributed by atoms with Crippen LogP contribution >= 0.6 is 12.4 Å². The molecule has 0 aromatic heterocycles. The third-order valence-electron chi connectivity index (χ3n) is 3.47. The van der Waals surface area contributed by atoms with Crippen molar-refractivity contribution >= 4 is 28.3 Å². The fourth-order valence-electron chi connectivity index (χ4n) is 2.04. The first kappa shape index (κ1) is 22.5. The smallest absolute Gasteiger partial charge is 0.406 e. The van der Waals surface area contributed by atoms with Crippen molar-refractivity contribution in [3.05, 3.63) is 24.3 Å². The highest BCUT2D eigenvalue weighted by molar-refractivity contribution is 7.89. The van der Waals surface area contributed by atoms with Gasteiger partial charge >= 0.3 is 6.36 Å². The average Bonchev–Trinajstić information content (AvgIpc) is 2.44. The van der Waals surface area contributed by atoms with Crippen molar-refractivity contribution in [1.82, 2.24) is 15.4 Å². The van der Waals surface area contributed by atoms with Crippen molar-refractivity contribution in [2.45, 2.75) is 17.7 Å². The molecule has 26 heavy (non-hydrogen) atoms. The average molecular weight is 418 g/mol. The van der Waals surface area contributed by atoms with Gasteiger partial charge in [0.25, 0.3) is 0 Å². The van der Waals surface area contributed by atoms with E-state index in [0.717, 1.165) is 37.4 Å². The van der Waals surface area contributed by atoms with Crippen LogP contribution in [0, 0.1) is 5.92 Å². The molecule has 1 saturated heterocycles. The lowest BCUT2D eigenvalue weighted by atomic mass is 10.0. The molecule has 3 N–H and O–H groups in total. The molecule has 1 aliphatic heterocycles. The maximum atomic E-state index is 12.1. The Labute approximate surface area is 155 Å². The van der Waals surface area contributed by atoms with E-state index >= 15 is 0 Å². The highest BCUT2D eigenvalue weighted by Gasteiger charge is 2.31. The Morgan fingerprint density at radius 1 is 1.23 bits per heavy atom. The molecule has 0 atom stereocenters. The summed E-state index contributed by atoms with van der Waals surface area (Å²) < 4.78 is 66.1. The summed E-state index contributed by atoms with van der Waals surface area (Å²) in [5.74, 6) is -0.391. The maximum absolute atomic E-state index is 12.1. The molecule has 0 radical (unpaired) electrons. The molecule has 12 heteroatoms. The molecule has 0 unspecified atom stereocenters. The Morgan fingerprint density at radius 3 is 2.35 bits per heavy atom. The van der Waals surface area contributed by atoms with Crippen LogP contribution in [0.5, 0.6) is 5.75 Å². The molecule has 0 spiro atoms. The number of hydrogen-bond acceptors (Lipinski definition) is 5. The molecule has 148 valence electrons. The number of carbonyl (C=O) groups excluding carboxylic acids is 1. The Kier molecular flexibility index (Phi) is 8.13. The van der Waals surface area contributed by atoms with Crippen LogP contribution in [0.2, 0.25) is 0 Å². The Morgan fingerprint density at radius 2 is 1.85 bits per heavy atom. The lowest BCUT2D eigenvalue weighted by molar-refractivity contribution is -0.274. The van der Waals surface area contributed by atoms with Gasteiger partial charge in [-0.3, -0.25) is 4.79 Å². The number of benzene rings is 1. The zero-order valence-corrected chi connectivity index (χ0v) is 15.1. The van der Waals surface area contributed by atoms with E-state index in [9.17, 15) is 26.4 Å². The molecule has 0 aliphatic carbocycles. The standard InChI is InChI=1S/C14H18F3N3O4S.ClH/c15-14(16,17)24-11-1-3-12(4-2-11)25(22,23)20-6-5-13(21)19-9-10-7-18-8-10;/h1-4,10,18,20H,5-9H2,(H,19,21);1H. The van der Waals surface area contributed by atoms with Crippen molar-refractivity contribution < 1.29 is 31.1 Å². The zero-order valence-electron chi connectivity index (χ0n) is 13.5. The van der Waals surface area contributed by atoms with E-state index in [1.54, 1.807) is 0 Å². The second-order valence-corrected chi connectivity index (χ2v) is 7.26. The van der Waals surface area contributed by atoms with Crippen LogP contribution < -0.4 is 20.1 Å². The minimum atomic E-state index is -4.85. The van der Waals surface area contributed by atoms with Gasteiger partial charge in [-0.25, -0.2) is 13.1 Å². The van der Waals surface area contributed by atoms with Crippen molar-refractivity contribution in [3.63, 3.8) is 0 Å². The zero-order chi connectivity index (χ0) is 18.5. The molecule has 7 nitrogen and oxygen atoms in total. The van der Waals surface area contributed by atoms with Crippen molar-refractivity contribution in [2.24, 2.45) is 5.92 Å². The second kappa shape index (κ2) is 9.40. The molecule has 0 saturated carbocycles. The number of carbonyl (C=O) groups is 1. The second-order valence-electron chi connectivity index (χ2n) is 5.50. The number of rotatable bonds is 8. The monoisotopic (exact) mass is 417 g/mol. The van der Waals surface area contributed by atoms with Gasteiger partial charge < -0.3 is 15.4 Å². The van der Waals surface area contributed by atoms with E-state index in [1.165, 1.54) is 0 Å². The predicted molar refractivity (Wildman–Crippen MR) is 89.5 cm³/mol. The summed E-state index contributed by atoms with van der Waals surface area (Å²) in [7, 11) is -3.92. The first-order valence-electron chi connectivity index (χ1n) is 7.48. The summed E-state index contributed by atoms with van der Waals surface area (Å²) in [6.45, 7) is 2.12. The highest BCUT2D eigenvalue weighted by Crippen LogP contribution is 2.23. The maximum Gasteiger partial charge on any atom is 0.573 e. The van der Waals surface area contributed by atoms with Gasteiger partial charge in [0, 0.05) is 38.5 Å². The van der Waals surface area contributed by atoms with E-state index in [4.69, 9.17) is 0 Å². The molecular weight excluding hydrogens is 399 g/mol. The molecular formula is C14H19ClF3N3O4S. The van der Waals surface area contributed by atoms with Gasteiger partial charge in [0.15, 0.2) is 0 Å². The minimum absolute atomic E-state index is 0. The first-order chi connectivity index (χ1) is 11.7.